The van der Waals surface area contributed by atoms with E-state index in [4.69, 9.17) is 9.26 Å². The van der Waals surface area contributed by atoms with Crippen LogP contribution in [0.5, 0.6) is 5.75 Å². The second-order valence-electron chi connectivity index (χ2n) is 11.4. The number of nitrogens with one attached hydrogen (secondary N) is 1. The van der Waals surface area contributed by atoms with Crippen molar-refractivity contribution in [1.29, 1.82) is 0 Å². The largest absolute Gasteiger partial charge is 0.573 e. The van der Waals surface area contributed by atoms with Gasteiger partial charge in [0.05, 0.1) is 18.6 Å². The summed E-state index contributed by atoms with van der Waals surface area (Å²) in [7, 11) is 0. The highest BCUT2D eigenvalue weighted by atomic mass is 19.4. The Balaban J connectivity index is 1.08. The zero-order valence-corrected chi connectivity index (χ0v) is 21.9. The number of urea groups is 1. The first kappa shape index (κ1) is 26.9. The molecular weight excluding hydrogens is 531 g/mol. The lowest BCUT2D eigenvalue weighted by atomic mass is 9.78. The summed E-state index contributed by atoms with van der Waals surface area (Å²) in [5.74, 6) is -0.610. The van der Waals surface area contributed by atoms with Crippen LogP contribution in [0.2, 0.25) is 0 Å². The Kier molecular flexibility index (Phi) is 7.14. The van der Waals surface area contributed by atoms with E-state index in [1.807, 2.05) is 4.90 Å². The summed E-state index contributed by atoms with van der Waals surface area (Å²) in [6.45, 7) is 0.147. The zero-order chi connectivity index (χ0) is 28.0. The number of halogens is 3. The van der Waals surface area contributed by atoms with Crippen LogP contribution in [-0.2, 0) is 16.1 Å². The number of para-hydroxylation sites is 1. The smallest absolute Gasteiger partial charge is 0.481 e. The molecule has 3 aliphatic carbocycles. The Morgan fingerprint density at radius 1 is 1.05 bits per heavy atom. The second kappa shape index (κ2) is 10.6. The fraction of sp³-hybridized carbons (Fsp3) is 0.607. The first-order valence-electron chi connectivity index (χ1n) is 13.9. The van der Waals surface area contributed by atoms with Crippen molar-refractivity contribution in [3.8, 4) is 17.0 Å². The summed E-state index contributed by atoms with van der Waals surface area (Å²) in [4.78, 5) is 26.0. The number of amides is 2. The Labute approximate surface area is 229 Å². The summed E-state index contributed by atoms with van der Waals surface area (Å²) in [6.07, 6.45) is 1.64. The van der Waals surface area contributed by atoms with Gasteiger partial charge in [-0.15, -0.1) is 13.2 Å². The summed E-state index contributed by atoms with van der Waals surface area (Å²) in [6, 6.07) is 5.89. The molecule has 40 heavy (non-hydrogen) atoms. The van der Waals surface area contributed by atoms with E-state index >= 15 is 0 Å². The zero-order valence-electron chi connectivity index (χ0n) is 21.9. The van der Waals surface area contributed by atoms with Crippen LogP contribution in [0.3, 0.4) is 0 Å². The molecule has 2 amide bonds. The van der Waals surface area contributed by atoms with E-state index in [1.54, 1.807) is 6.07 Å². The van der Waals surface area contributed by atoms with Crippen molar-refractivity contribution in [2.75, 3.05) is 0 Å². The van der Waals surface area contributed by atoms with Crippen molar-refractivity contribution in [3.63, 3.8) is 0 Å². The average Bonchev–Trinajstić information content (AvgIpc) is 3.66. The number of nitrogens with zero attached hydrogens (tertiary/aromatic N) is 2. The first-order chi connectivity index (χ1) is 19.2. The van der Waals surface area contributed by atoms with Crippen molar-refractivity contribution >= 4 is 12.0 Å². The summed E-state index contributed by atoms with van der Waals surface area (Å²) < 4.78 is 55.2. The van der Waals surface area contributed by atoms with E-state index in [1.165, 1.54) is 18.2 Å². The highest BCUT2D eigenvalue weighted by molar-refractivity contribution is 5.77. The quantitative estimate of drug-likeness (QED) is 0.430. The van der Waals surface area contributed by atoms with Gasteiger partial charge in [0.2, 0.25) is 0 Å². The van der Waals surface area contributed by atoms with Crippen molar-refractivity contribution in [2.24, 2.45) is 5.92 Å². The molecule has 3 saturated carbocycles. The molecule has 2 N–H and O–H groups in total. The number of piperidine rings is 1. The molecule has 216 valence electrons. The molecule has 0 spiro atoms. The van der Waals surface area contributed by atoms with Crippen LogP contribution in [0.15, 0.2) is 28.8 Å². The minimum atomic E-state index is -4.84. The molecular formula is C28H32F3N3O6. The molecule has 5 fully saturated rings. The molecule has 2 unspecified atom stereocenters. The van der Waals surface area contributed by atoms with Crippen LogP contribution in [0.1, 0.15) is 75.0 Å². The number of carbonyl (C=O) groups excluding carboxylic acids is 1. The van der Waals surface area contributed by atoms with Crippen molar-refractivity contribution in [2.45, 2.75) is 101 Å². The molecule has 2 aromatic rings. The van der Waals surface area contributed by atoms with E-state index in [9.17, 15) is 27.9 Å². The van der Waals surface area contributed by atoms with Gasteiger partial charge in [0.25, 0.3) is 0 Å². The third-order valence-corrected chi connectivity index (χ3v) is 8.64. The third-order valence-electron chi connectivity index (χ3n) is 8.64. The van der Waals surface area contributed by atoms with Crippen LogP contribution in [-0.4, -0.2) is 57.8 Å². The number of benzene rings is 1. The Morgan fingerprint density at radius 3 is 2.40 bits per heavy atom. The normalized spacial score (nSPS) is 28.1. The van der Waals surface area contributed by atoms with Crippen molar-refractivity contribution in [1.82, 2.24) is 15.4 Å². The number of hydrogen-bond donors (Lipinski definition) is 2. The topological polar surface area (TPSA) is 114 Å². The van der Waals surface area contributed by atoms with Crippen LogP contribution in [0, 0.1) is 5.92 Å². The number of rotatable bonds is 8. The van der Waals surface area contributed by atoms with Gasteiger partial charge < -0.3 is 29.3 Å². The average molecular weight is 564 g/mol. The maximum absolute atomic E-state index is 13.0. The van der Waals surface area contributed by atoms with Crippen LogP contribution in [0.4, 0.5) is 18.0 Å². The highest BCUT2D eigenvalue weighted by Gasteiger charge is 2.49. The number of carboxylic acid groups (broad SMARTS) is 1. The molecule has 5 aliphatic rings. The molecule has 2 saturated heterocycles. The Bertz CT molecular complexity index is 1240. The Morgan fingerprint density at radius 2 is 1.75 bits per heavy atom. The monoisotopic (exact) mass is 563 g/mol. The van der Waals surface area contributed by atoms with Gasteiger partial charge in [0.1, 0.15) is 17.2 Å². The third kappa shape index (κ3) is 5.63. The predicted molar refractivity (Wildman–Crippen MR) is 134 cm³/mol. The maximum Gasteiger partial charge on any atom is 0.573 e. The molecule has 2 bridgehead atoms. The number of ether oxygens (including phenoxy) is 2. The minimum absolute atomic E-state index is 0.00599. The molecule has 12 heteroatoms. The lowest BCUT2D eigenvalue weighted by Gasteiger charge is -2.55. The van der Waals surface area contributed by atoms with E-state index in [0.29, 0.717) is 55.5 Å². The molecule has 1 aromatic carbocycles. The Hall–Kier alpha value is -3.28. The van der Waals surface area contributed by atoms with Crippen molar-refractivity contribution in [3.05, 3.63) is 35.6 Å². The van der Waals surface area contributed by atoms with Gasteiger partial charge in [-0.2, -0.15) is 0 Å². The van der Waals surface area contributed by atoms with Gasteiger partial charge in [-0.3, -0.25) is 4.79 Å². The van der Waals surface area contributed by atoms with E-state index in [-0.39, 0.29) is 60.0 Å². The molecule has 2 atom stereocenters. The lowest BCUT2D eigenvalue weighted by Crippen LogP contribution is -2.67. The number of alkyl halides is 3. The fourth-order valence-electron chi connectivity index (χ4n) is 6.44. The molecule has 1 aromatic heterocycles. The van der Waals surface area contributed by atoms with Gasteiger partial charge in [-0.1, -0.05) is 17.3 Å². The number of aliphatic carboxylic acids is 1. The van der Waals surface area contributed by atoms with Gasteiger partial charge >= 0.3 is 18.4 Å². The number of carbonyl (C=O) groups is 2. The molecule has 2 aliphatic heterocycles. The second-order valence-corrected chi connectivity index (χ2v) is 11.4. The summed E-state index contributed by atoms with van der Waals surface area (Å²) in [5.41, 5.74) is 1.13. The predicted octanol–water partition coefficient (Wildman–Crippen LogP) is 5.59. The number of fused-ring (bicyclic) bond motifs is 2. The van der Waals surface area contributed by atoms with Gasteiger partial charge in [-0.05, 0) is 69.9 Å². The molecule has 3 heterocycles. The van der Waals surface area contributed by atoms with E-state index in [0.717, 1.165) is 19.3 Å². The highest BCUT2D eigenvalue weighted by Crippen LogP contribution is 2.46. The molecule has 7 rings (SSSR count). The number of carboxylic acids is 1. The first-order valence-corrected chi connectivity index (χ1v) is 13.9. The number of hydrogen-bond acceptors (Lipinski definition) is 6. The van der Waals surface area contributed by atoms with Gasteiger partial charge in [0, 0.05) is 35.2 Å². The van der Waals surface area contributed by atoms with Gasteiger partial charge in [-0.25, -0.2) is 4.79 Å². The fourth-order valence-corrected chi connectivity index (χ4v) is 6.44. The standard InChI is InChI=1S/C28H32F3N3O6/c29-28(30,31)39-23-4-2-1-3-21(23)24-22(25(40-33-24)15-5-6-15)14-38-20-12-18-11-19(13-20)34(18)27(37)32-17-9-7-16(8-10-17)26(35)36/h1-4,15-20H,5-14H2,(H,32,37)(H,35,36). The molecule has 0 radical (unpaired) electrons. The van der Waals surface area contributed by atoms with Crippen LogP contribution in [0.25, 0.3) is 11.3 Å². The van der Waals surface area contributed by atoms with Crippen LogP contribution >= 0.6 is 0 Å². The summed E-state index contributed by atoms with van der Waals surface area (Å²) >= 11 is 0. The summed E-state index contributed by atoms with van der Waals surface area (Å²) in [5, 5.41) is 16.4. The van der Waals surface area contributed by atoms with E-state index in [2.05, 4.69) is 15.2 Å². The lowest BCUT2D eigenvalue weighted by molar-refractivity contribution is -0.274. The van der Waals surface area contributed by atoms with E-state index < -0.39 is 12.3 Å². The van der Waals surface area contributed by atoms with Crippen molar-refractivity contribution < 1.29 is 41.9 Å². The molecule has 9 nitrogen and oxygen atoms in total. The maximum atomic E-state index is 13.0. The number of aromatic nitrogens is 1. The minimum Gasteiger partial charge on any atom is -0.481 e. The van der Waals surface area contributed by atoms with Crippen LogP contribution < -0.4 is 10.1 Å². The van der Waals surface area contributed by atoms with Gasteiger partial charge in [0.15, 0.2) is 0 Å². The SMILES string of the molecule is O=C(O)C1CCC(NC(=O)N2C3CC(OCc4c(-c5ccccc5OC(F)(F)F)noc4C4CC4)CC2C3)CC1.